The van der Waals surface area contributed by atoms with Crippen LogP contribution < -0.4 is 20.3 Å². The quantitative estimate of drug-likeness (QED) is 0.843. The van der Waals surface area contributed by atoms with Gasteiger partial charge in [0.05, 0.1) is 7.11 Å². The van der Waals surface area contributed by atoms with Crippen LogP contribution in [0.3, 0.4) is 0 Å². The summed E-state index contributed by atoms with van der Waals surface area (Å²) in [6.45, 7) is 2.70. The van der Waals surface area contributed by atoms with E-state index in [4.69, 9.17) is 4.74 Å². The maximum absolute atomic E-state index is 5.09. The SMILES string of the molecule is CCNc1nc(Nc2cccc(N(C)C)c2)nc(OC)n1. The molecule has 21 heavy (non-hydrogen) atoms. The second-order valence-electron chi connectivity index (χ2n) is 4.57. The molecule has 0 saturated carbocycles. The second kappa shape index (κ2) is 6.74. The highest BCUT2D eigenvalue weighted by Crippen LogP contribution is 2.21. The zero-order valence-electron chi connectivity index (χ0n) is 12.7. The lowest BCUT2D eigenvalue weighted by Gasteiger charge is -2.14. The number of benzene rings is 1. The molecule has 1 aromatic heterocycles. The number of methoxy groups -OCH3 is 1. The van der Waals surface area contributed by atoms with E-state index in [1.54, 1.807) is 0 Å². The molecule has 1 aromatic carbocycles. The molecule has 0 aliphatic carbocycles. The minimum Gasteiger partial charge on any atom is -0.467 e. The predicted molar refractivity (Wildman–Crippen MR) is 84.6 cm³/mol. The third kappa shape index (κ3) is 3.95. The van der Waals surface area contributed by atoms with Gasteiger partial charge in [-0.05, 0) is 25.1 Å². The zero-order valence-corrected chi connectivity index (χ0v) is 12.7. The average Bonchev–Trinajstić information content (AvgIpc) is 2.47. The molecule has 7 nitrogen and oxygen atoms in total. The fraction of sp³-hybridized carbons (Fsp3) is 0.357. The Morgan fingerprint density at radius 3 is 2.57 bits per heavy atom. The molecule has 0 spiro atoms. The van der Waals surface area contributed by atoms with Crippen molar-refractivity contribution in [3.63, 3.8) is 0 Å². The molecule has 0 radical (unpaired) electrons. The van der Waals surface area contributed by atoms with Gasteiger partial charge in [-0.2, -0.15) is 15.0 Å². The summed E-state index contributed by atoms with van der Waals surface area (Å²) in [7, 11) is 5.52. The molecule has 2 N–H and O–H groups in total. The fourth-order valence-electron chi connectivity index (χ4n) is 1.73. The Hall–Kier alpha value is -2.57. The minimum atomic E-state index is 0.271. The molecule has 0 saturated heterocycles. The van der Waals surface area contributed by atoms with Crippen LogP contribution in [-0.4, -0.2) is 42.7 Å². The van der Waals surface area contributed by atoms with E-state index in [9.17, 15) is 0 Å². The molecule has 2 rings (SSSR count). The third-order valence-corrected chi connectivity index (χ3v) is 2.75. The predicted octanol–water partition coefficient (Wildman–Crippen LogP) is 2.12. The molecule has 0 atom stereocenters. The van der Waals surface area contributed by atoms with Crippen LogP contribution >= 0.6 is 0 Å². The monoisotopic (exact) mass is 288 g/mol. The molecule has 1 heterocycles. The number of hydrogen-bond acceptors (Lipinski definition) is 7. The lowest BCUT2D eigenvalue weighted by Crippen LogP contribution is -2.09. The van der Waals surface area contributed by atoms with Gasteiger partial charge in [-0.1, -0.05) is 6.07 Å². The number of anilines is 4. The summed E-state index contributed by atoms with van der Waals surface area (Å²) < 4.78 is 5.09. The number of nitrogens with one attached hydrogen (secondary N) is 2. The van der Waals surface area contributed by atoms with Gasteiger partial charge in [-0.25, -0.2) is 0 Å². The molecular formula is C14H20N6O. The van der Waals surface area contributed by atoms with Gasteiger partial charge in [-0.15, -0.1) is 0 Å². The Balaban J connectivity index is 2.25. The first kappa shape index (κ1) is 14.8. The van der Waals surface area contributed by atoms with Crippen LogP contribution in [0.5, 0.6) is 6.01 Å². The summed E-state index contributed by atoms with van der Waals surface area (Å²) in [6.07, 6.45) is 0. The fourth-order valence-corrected chi connectivity index (χ4v) is 1.73. The van der Waals surface area contributed by atoms with Gasteiger partial charge in [0.1, 0.15) is 0 Å². The van der Waals surface area contributed by atoms with Crippen molar-refractivity contribution < 1.29 is 4.74 Å². The molecule has 0 fully saturated rings. The smallest absolute Gasteiger partial charge is 0.322 e. The molecule has 2 aromatic rings. The first-order valence-electron chi connectivity index (χ1n) is 6.70. The molecule has 0 aliphatic rings. The Kier molecular flexibility index (Phi) is 4.76. The molecule has 112 valence electrons. The summed E-state index contributed by atoms with van der Waals surface area (Å²) in [4.78, 5) is 14.7. The molecule has 0 bridgehead atoms. The van der Waals surface area contributed by atoms with Crippen LogP contribution in [0.15, 0.2) is 24.3 Å². The standard InChI is InChI=1S/C14H20N6O/c1-5-15-12-17-13(19-14(18-12)21-4)16-10-7-6-8-11(9-10)20(2)3/h6-9H,5H2,1-4H3,(H2,15,16,17,18,19). The lowest BCUT2D eigenvalue weighted by molar-refractivity contribution is 0.379. The number of hydrogen-bond donors (Lipinski definition) is 2. The first-order valence-corrected chi connectivity index (χ1v) is 6.70. The highest BCUT2D eigenvalue weighted by Gasteiger charge is 2.07. The van der Waals surface area contributed by atoms with Crippen molar-refractivity contribution in [1.82, 2.24) is 15.0 Å². The maximum atomic E-state index is 5.09. The van der Waals surface area contributed by atoms with E-state index in [1.807, 2.05) is 50.2 Å². The van der Waals surface area contributed by atoms with E-state index in [0.717, 1.165) is 17.9 Å². The van der Waals surface area contributed by atoms with Crippen LogP contribution in [0.25, 0.3) is 0 Å². The van der Waals surface area contributed by atoms with Gasteiger partial charge in [0.2, 0.25) is 11.9 Å². The van der Waals surface area contributed by atoms with Crippen LogP contribution in [0.4, 0.5) is 23.3 Å². The zero-order chi connectivity index (χ0) is 15.2. The molecular weight excluding hydrogens is 268 g/mol. The van der Waals surface area contributed by atoms with Gasteiger partial charge in [0.25, 0.3) is 0 Å². The van der Waals surface area contributed by atoms with E-state index in [1.165, 1.54) is 7.11 Å². The van der Waals surface area contributed by atoms with Crippen molar-refractivity contribution >= 4 is 23.3 Å². The number of ether oxygens (including phenoxy) is 1. The van der Waals surface area contributed by atoms with Crippen LogP contribution in [-0.2, 0) is 0 Å². The largest absolute Gasteiger partial charge is 0.467 e. The molecule has 7 heteroatoms. The summed E-state index contributed by atoms with van der Waals surface area (Å²) in [5.41, 5.74) is 1.99. The van der Waals surface area contributed by atoms with E-state index in [0.29, 0.717) is 11.9 Å². The summed E-state index contributed by atoms with van der Waals surface area (Å²) >= 11 is 0. The van der Waals surface area contributed by atoms with Gasteiger partial charge < -0.3 is 20.3 Å². The minimum absolute atomic E-state index is 0.271. The Labute approximate surface area is 124 Å². The van der Waals surface area contributed by atoms with E-state index in [2.05, 4.69) is 25.6 Å². The van der Waals surface area contributed by atoms with Crippen molar-refractivity contribution in [2.45, 2.75) is 6.92 Å². The Morgan fingerprint density at radius 2 is 1.90 bits per heavy atom. The van der Waals surface area contributed by atoms with E-state index >= 15 is 0 Å². The Bertz CT molecular complexity index is 602. The summed E-state index contributed by atoms with van der Waals surface area (Å²) in [5, 5.41) is 6.21. The van der Waals surface area contributed by atoms with Crippen molar-refractivity contribution in [3.8, 4) is 6.01 Å². The highest BCUT2D eigenvalue weighted by atomic mass is 16.5. The second-order valence-corrected chi connectivity index (χ2v) is 4.57. The Morgan fingerprint density at radius 1 is 1.14 bits per heavy atom. The van der Waals surface area contributed by atoms with Crippen LogP contribution in [0.1, 0.15) is 6.92 Å². The maximum Gasteiger partial charge on any atom is 0.322 e. The lowest BCUT2D eigenvalue weighted by atomic mass is 10.2. The van der Waals surface area contributed by atoms with Crippen molar-refractivity contribution in [2.75, 3.05) is 43.3 Å². The van der Waals surface area contributed by atoms with Crippen LogP contribution in [0, 0.1) is 0 Å². The summed E-state index contributed by atoms with van der Waals surface area (Å²) in [5.74, 6) is 0.921. The highest BCUT2D eigenvalue weighted by molar-refractivity contribution is 5.62. The first-order chi connectivity index (χ1) is 10.1. The number of aromatic nitrogens is 3. The molecule has 0 aliphatic heterocycles. The average molecular weight is 288 g/mol. The third-order valence-electron chi connectivity index (χ3n) is 2.75. The summed E-state index contributed by atoms with van der Waals surface area (Å²) in [6, 6.07) is 8.25. The van der Waals surface area contributed by atoms with E-state index in [-0.39, 0.29) is 6.01 Å². The van der Waals surface area contributed by atoms with Crippen LogP contribution in [0.2, 0.25) is 0 Å². The van der Waals surface area contributed by atoms with Gasteiger partial charge in [0, 0.05) is 32.0 Å². The normalized spacial score (nSPS) is 10.1. The molecule has 0 unspecified atom stereocenters. The molecule has 0 amide bonds. The number of rotatable bonds is 6. The topological polar surface area (TPSA) is 75.2 Å². The van der Waals surface area contributed by atoms with E-state index < -0.39 is 0 Å². The van der Waals surface area contributed by atoms with Crippen molar-refractivity contribution in [1.29, 1.82) is 0 Å². The van der Waals surface area contributed by atoms with Crippen molar-refractivity contribution in [2.24, 2.45) is 0 Å². The van der Waals surface area contributed by atoms with Gasteiger partial charge in [0.15, 0.2) is 0 Å². The number of nitrogens with zero attached hydrogens (tertiary/aromatic N) is 4. The van der Waals surface area contributed by atoms with Crippen molar-refractivity contribution in [3.05, 3.63) is 24.3 Å². The van der Waals surface area contributed by atoms with Gasteiger partial charge in [-0.3, -0.25) is 0 Å². The van der Waals surface area contributed by atoms with Gasteiger partial charge >= 0.3 is 6.01 Å².